The molecule has 1 aromatic carbocycles. The Morgan fingerprint density at radius 3 is 2.94 bits per heavy atom. The first-order valence-electron chi connectivity index (χ1n) is 4.31. The maximum absolute atomic E-state index is 11.1. The molecule has 0 fully saturated rings. The van der Waals surface area contributed by atoms with E-state index in [2.05, 4.69) is 32.8 Å². The van der Waals surface area contributed by atoms with Gasteiger partial charge in [-0.05, 0) is 40.8 Å². The second-order valence-corrected chi connectivity index (χ2v) is 4.14. The number of rotatable bonds is 2. The van der Waals surface area contributed by atoms with E-state index in [1.54, 1.807) is 0 Å². The van der Waals surface area contributed by atoms with Crippen molar-refractivity contribution in [2.45, 2.75) is 0 Å². The molecule has 82 valence electrons. The van der Waals surface area contributed by atoms with Gasteiger partial charge in [-0.2, -0.15) is 0 Å². The Labute approximate surface area is 104 Å². The minimum atomic E-state index is -0.607. The number of nitrogens with zero attached hydrogens (tertiary/aromatic N) is 2. The van der Waals surface area contributed by atoms with Gasteiger partial charge in [0.25, 0.3) is 0 Å². The molecule has 0 unspecified atom stereocenters. The van der Waals surface area contributed by atoms with Crippen LogP contribution in [0.5, 0.6) is 0 Å². The van der Waals surface area contributed by atoms with Crippen LogP contribution in [0.15, 0.2) is 28.7 Å². The van der Waals surface area contributed by atoms with E-state index in [1.807, 2.05) is 29.7 Å². The fourth-order valence-corrected chi connectivity index (χ4v) is 1.66. The van der Waals surface area contributed by atoms with Gasteiger partial charge in [0.15, 0.2) is 0 Å². The summed E-state index contributed by atoms with van der Waals surface area (Å²) in [6, 6.07) is 7.50. The van der Waals surface area contributed by atoms with Crippen LogP contribution in [-0.4, -0.2) is 16.1 Å². The molecule has 1 aromatic heterocycles. The molecular formula is C9H7IN4O2. The highest BCUT2D eigenvalue weighted by Gasteiger charge is 2.14. The van der Waals surface area contributed by atoms with Gasteiger partial charge in [-0.1, -0.05) is 6.07 Å². The van der Waals surface area contributed by atoms with Gasteiger partial charge in [0.05, 0.1) is 0 Å². The molecule has 0 spiro atoms. The Bertz CT molecular complexity index is 526. The van der Waals surface area contributed by atoms with E-state index < -0.39 is 5.91 Å². The van der Waals surface area contributed by atoms with Crippen molar-refractivity contribution in [2.75, 3.05) is 0 Å². The number of halogens is 1. The Balaban J connectivity index is 2.35. The number of nitrogens with one attached hydrogen (secondary N) is 1. The van der Waals surface area contributed by atoms with E-state index in [9.17, 15) is 4.79 Å². The fourth-order valence-electron chi connectivity index (χ4n) is 1.11. The molecule has 0 aliphatic rings. The van der Waals surface area contributed by atoms with Crippen molar-refractivity contribution in [3.05, 3.63) is 33.7 Å². The van der Waals surface area contributed by atoms with Crippen LogP contribution in [0.4, 0.5) is 0 Å². The van der Waals surface area contributed by atoms with Crippen molar-refractivity contribution in [1.29, 1.82) is 0 Å². The van der Waals surface area contributed by atoms with Gasteiger partial charge in [0.2, 0.25) is 5.89 Å². The third-order valence-corrected chi connectivity index (χ3v) is 2.49. The maximum atomic E-state index is 11.1. The molecular weight excluding hydrogens is 323 g/mol. The zero-order chi connectivity index (χ0) is 11.5. The van der Waals surface area contributed by atoms with Crippen LogP contribution >= 0.6 is 22.6 Å². The van der Waals surface area contributed by atoms with Gasteiger partial charge in [0, 0.05) is 9.13 Å². The summed E-state index contributed by atoms with van der Waals surface area (Å²) in [6.45, 7) is 0. The Hall–Kier alpha value is -1.48. The number of hydrazine groups is 1. The first-order valence-corrected chi connectivity index (χ1v) is 5.39. The lowest BCUT2D eigenvalue weighted by molar-refractivity contribution is 0.0919. The monoisotopic (exact) mass is 330 g/mol. The van der Waals surface area contributed by atoms with Crippen LogP contribution in [0.2, 0.25) is 0 Å². The van der Waals surface area contributed by atoms with E-state index in [0.29, 0.717) is 0 Å². The van der Waals surface area contributed by atoms with Gasteiger partial charge in [0.1, 0.15) is 0 Å². The first kappa shape index (κ1) is 11.0. The second kappa shape index (κ2) is 4.58. The van der Waals surface area contributed by atoms with Crippen molar-refractivity contribution < 1.29 is 9.21 Å². The SMILES string of the molecule is NNC(=O)c1nnc(-c2cccc(I)c2)o1. The average Bonchev–Trinajstić information content (AvgIpc) is 2.77. The third kappa shape index (κ3) is 2.19. The van der Waals surface area contributed by atoms with Crippen LogP contribution < -0.4 is 11.3 Å². The quantitative estimate of drug-likeness (QED) is 0.370. The number of nitrogens with two attached hydrogens (primary N) is 1. The molecule has 0 atom stereocenters. The fraction of sp³-hybridized carbons (Fsp3) is 0. The number of carbonyl (C=O) groups excluding carboxylic acids is 1. The van der Waals surface area contributed by atoms with Crippen LogP contribution in [0.3, 0.4) is 0 Å². The van der Waals surface area contributed by atoms with E-state index in [0.717, 1.165) is 9.13 Å². The van der Waals surface area contributed by atoms with Crippen molar-refractivity contribution >= 4 is 28.5 Å². The molecule has 7 heteroatoms. The Kier molecular flexibility index (Phi) is 3.15. The molecule has 0 saturated heterocycles. The number of aromatic nitrogens is 2. The molecule has 1 heterocycles. The normalized spacial score (nSPS) is 10.1. The first-order chi connectivity index (χ1) is 7.70. The number of benzene rings is 1. The number of carbonyl (C=O) groups is 1. The van der Waals surface area contributed by atoms with Crippen molar-refractivity contribution in [1.82, 2.24) is 15.6 Å². The molecule has 0 aliphatic heterocycles. The molecule has 6 nitrogen and oxygen atoms in total. The van der Waals surface area contributed by atoms with Crippen LogP contribution in [0.25, 0.3) is 11.5 Å². The number of amides is 1. The summed E-state index contributed by atoms with van der Waals surface area (Å²) >= 11 is 2.17. The van der Waals surface area contributed by atoms with Gasteiger partial charge in [-0.3, -0.25) is 10.2 Å². The molecule has 1 amide bonds. The van der Waals surface area contributed by atoms with Crippen molar-refractivity contribution in [3.8, 4) is 11.5 Å². The van der Waals surface area contributed by atoms with Gasteiger partial charge in [-0.15, -0.1) is 10.2 Å². The molecule has 16 heavy (non-hydrogen) atoms. The number of hydrogen-bond donors (Lipinski definition) is 2. The summed E-state index contributed by atoms with van der Waals surface area (Å²) in [5, 5.41) is 7.34. The lowest BCUT2D eigenvalue weighted by Gasteiger charge is -1.94. The zero-order valence-corrected chi connectivity index (χ0v) is 10.1. The van der Waals surface area contributed by atoms with Gasteiger partial charge in [-0.25, -0.2) is 5.84 Å². The topological polar surface area (TPSA) is 94.0 Å². The highest BCUT2D eigenvalue weighted by atomic mass is 127. The predicted molar refractivity (Wildman–Crippen MR) is 64.1 cm³/mol. The minimum absolute atomic E-state index is 0.156. The molecule has 0 bridgehead atoms. The standard InChI is InChI=1S/C9H7IN4O2/c10-6-3-1-2-5(4-6)8-13-14-9(16-8)7(15)12-11/h1-4H,11H2,(H,12,15). The predicted octanol–water partition coefficient (Wildman–Crippen LogP) is 0.945. The second-order valence-electron chi connectivity index (χ2n) is 2.90. The van der Waals surface area contributed by atoms with Gasteiger partial charge >= 0.3 is 11.8 Å². The van der Waals surface area contributed by atoms with E-state index >= 15 is 0 Å². The summed E-state index contributed by atoms with van der Waals surface area (Å²) in [4.78, 5) is 11.1. The Morgan fingerprint density at radius 1 is 1.44 bits per heavy atom. The summed E-state index contributed by atoms with van der Waals surface area (Å²) in [5.41, 5.74) is 2.68. The number of nitrogen functional groups attached to an aromatic ring is 1. The number of hydrogen-bond acceptors (Lipinski definition) is 5. The van der Waals surface area contributed by atoms with Crippen molar-refractivity contribution in [2.24, 2.45) is 5.84 Å². The third-order valence-electron chi connectivity index (χ3n) is 1.82. The zero-order valence-electron chi connectivity index (χ0n) is 7.98. The van der Waals surface area contributed by atoms with Crippen LogP contribution in [0, 0.1) is 3.57 Å². The summed E-state index contributed by atoms with van der Waals surface area (Å²) < 4.78 is 6.20. The van der Waals surface area contributed by atoms with Gasteiger partial charge < -0.3 is 4.42 Å². The molecule has 0 radical (unpaired) electrons. The molecule has 2 aromatic rings. The summed E-state index contributed by atoms with van der Waals surface area (Å²) in [5.74, 6) is 4.47. The summed E-state index contributed by atoms with van der Waals surface area (Å²) in [7, 11) is 0. The molecule has 3 N–H and O–H groups in total. The van der Waals surface area contributed by atoms with E-state index in [-0.39, 0.29) is 11.8 Å². The average molecular weight is 330 g/mol. The van der Waals surface area contributed by atoms with Crippen LogP contribution in [0.1, 0.15) is 10.7 Å². The van der Waals surface area contributed by atoms with Crippen molar-refractivity contribution in [3.63, 3.8) is 0 Å². The lowest BCUT2D eigenvalue weighted by atomic mass is 10.2. The molecule has 0 saturated carbocycles. The highest BCUT2D eigenvalue weighted by molar-refractivity contribution is 14.1. The van der Waals surface area contributed by atoms with Crippen LogP contribution in [-0.2, 0) is 0 Å². The summed E-state index contributed by atoms with van der Waals surface area (Å²) in [6.07, 6.45) is 0. The minimum Gasteiger partial charge on any atom is -0.412 e. The maximum Gasteiger partial charge on any atom is 0.322 e. The lowest BCUT2D eigenvalue weighted by Crippen LogP contribution is -2.30. The Morgan fingerprint density at radius 2 is 2.25 bits per heavy atom. The van der Waals surface area contributed by atoms with E-state index in [4.69, 9.17) is 10.3 Å². The molecule has 0 aliphatic carbocycles. The molecule has 2 rings (SSSR count). The highest BCUT2D eigenvalue weighted by Crippen LogP contribution is 2.19. The van der Waals surface area contributed by atoms with E-state index in [1.165, 1.54) is 0 Å². The largest absolute Gasteiger partial charge is 0.412 e. The smallest absolute Gasteiger partial charge is 0.322 e.